The zero-order valence-corrected chi connectivity index (χ0v) is 19.1. The molecule has 0 amide bonds. The monoisotopic (exact) mass is 414 g/mol. The van der Waals surface area contributed by atoms with Gasteiger partial charge in [0.15, 0.2) is 17.9 Å². The van der Waals surface area contributed by atoms with E-state index in [-0.39, 0.29) is 18.0 Å². The SMILES string of the molecule is C/C=C/C1CCC(COC(C)OCC(C)C2=C(F)C(F)=C(OC)CC2)CC1.CC. The second-order valence-corrected chi connectivity index (χ2v) is 7.72. The van der Waals surface area contributed by atoms with E-state index in [9.17, 15) is 8.78 Å². The molecule has 5 heteroatoms. The molecule has 0 spiro atoms. The minimum atomic E-state index is -0.872. The highest BCUT2D eigenvalue weighted by atomic mass is 19.2. The topological polar surface area (TPSA) is 27.7 Å². The summed E-state index contributed by atoms with van der Waals surface area (Å²) >= 11 is 0. The highest BCUT2D eigenvalue weighted by Crippen LogP contribution is 2.36. The van der Waals surface area contributed by atoms with Gasteiger partial charge < -0.3 is 14.2 Å². The van der Waals surface area contributed by atoms with Gasteiger partial charge in [-0.05, 0) is 63.4 Å². The standard InChI is InChI=1S/C22H34F2O3.C2H6/c1-5-6-17-7-9-18(10-8-17)14-27-16(3)26-13-15(2)19-11-12-20(25-4)22(24)21(19)23;1-2/h5-6,15-18H,7-14H2,1-4H3;1-2H3/b6-5+;. The molecule has 0 bridgehead atoms. The van der Waals surface area contributed by atoms with Crippen LogP contribution in [0.2, 0.25) is 0 Å². The molecule has 0 aromatic rings. The molecule has 168 valence electrons. The second-order valence-electron chi connectivity index (χ2n) is 7.72. The van der Waals surface area contributed by atoms with E-state index in [1.54, 1.807) is 0 Å². The Kier molecular flexibility index (Phi) is 12.4. The van der Waals surface area contributed by atoms with Crippen LogP contribution in [-0.2, 0) is 14.2 Å². The summed E-state index contributed by atoms with van der Waals surface area (Å²) in [7, 11) is 1.37. The van der Waals surface area contributed by atoms with E-state index in [1.165, 1.54) is 32.8 Å². The number of rotatable bonds is 9. The van der Waals surface area contributed by atoms with Crippen LogP contribution in [0.25, 0.3) is 0 Å². The first kappa shape index (κ1) is 25.8. The van der Waals surface area contributed by atoms with Crippen LogP contribution in [0.5, 0.6) is 0 Å². The molecule has 2 aliphatic rings. The fourth-order valence-electron chi connectivity index (χ4n) is 3.91. The van der Waals surface area contributed by atoms with Gasteiger partial charge in [0.05, 0.1) is 20.3 Å². The Hall–Kier alpha value is -1.20. The van der Waals surface area contributed by atoms with Gasteiger partial charge in [0.1, 0.15) is 5.76 Å². The third-order valence-corrected chi connectivity index (χ3v) is 5.69. The molecule has 0 saturated heterocycles. The van der Waals surface area contributed by atoms with Crippen molar-refractivity contribution in [3.8, 4) is 0 Å². The number of halogens is 2. The van der Waals surface area contributed by atoms with Crippen LogP contribution in [0, 0.1) is 17.8 Å². The van der Waals surface area contributed by atoms with Crippen molar-refractivity contribution in [2.24, 2.45) is 17.8 Å². The Balaban J connectivity index is 0.00000204. The Morgan fingerprint density at radius 2 is 1.66 bits per heavy atom. The van der Waals surface area contributed by atoms with E-state index in [2.05, 4.69) is 19.1 Å². The van der Waals surface area contributed by atoms with Crippen molar-refractivity contribution >= 4 is 0 Å². The van der Waals surface area contributed by atoms with Crippen molar-refractivity contribution in [2.75, 3.05) is 20.3 Å². The lowest BCUT2D eigenvalue weighted by atomic mass is 9.82. The van der Waals surface area contributed by atoms with E-state index in [0.717, 1.165) is 0 Å². The summed E-state index contributed by atoms with van der Waals surface area (Å²) in [4.78, 5) is 0. The van der Waals surface area contributed by atoms with E-state index >= 15 is 0 Å². The highest BCUT2D eigenvalue weighted by molar-refractivity contribution is 5.33. The molecule has 0 N–H and O–H groups in total. The number of ether oxygens (including phenoxy) is 3. The smallest absolute Gasteiger partial charge is 0.196 e. The zero-order chi connectivity index (χ0) is 21.8. The van der Waals surface area contributed by atoms with Gasteiger partial charge in [-0.15, -0.1) is 0 Å². The van der Waals surface area contributed by atoms with Gasteiger partial charge in [0, 0.05) is 12.3 Å². The van der Waals surface area contributed by atoms with Crippen molar-refractivity contribution < 1.29 is 23.0 Å². The molecule has 1 saturated carbocycles. The fourth-order valence-corrected chi connectivity index (χ4v) is 3.91. The van der Waals surface area contributed by atoms with Crippen LogP contribution in [0.4, 0.5) is 8.78 Å². The summed E-state index contributed by atoms with van der Waals surface area (Å²) < 4.78 is 44.6. The van der Waals surface area contributed by atoms with Crippen molar-refractivity contribution in [3.05, 3.63) is 35.1 Å². The number of hydrogen-bond acceptors (Lipinski definition) is 3. The summed E-state index contributed by atoms with van der Waals surface area (Å²) in [5.41, 5.74) is 0.461. The molecule has 2 aliphatic carbocycles. The largest absolute Gasteiger partial charge is 0.498 e. The molecule has 2 unspecified atom stereocenters. The Morgan fingerprint density at radius 3 is 2.24 bits per heavy atom. The molecule has 3 nitrogen and oxygen atoms in total. The fraction of sp³-hybridized carbons (Fsp3) is 0.750. The maximum absolute atomic E-state index is 14.2. The number of allylic oxidation sites excluding steroid dienone is 5. The first-order chi connectivity index (χ1) is 14.0. The van der Waals surface area contributed by atoms with Crippen LogP contribution < -0.4 is 0 Å². The lowest BCUT2D eigenvalue weighted by Crippen LogP contribution is -2.24. The summed E-state index contributed by atoms with van der Waals surface area (Å²) in [6, 6.07) is 0. The molecular weight excluding hydrogens is 374 g/mol. The van der Waals surface area contributed by atoms with Crippen LogP contribution >= 0.6 is 0 Å². The molecule has 0 heterocycles. The predicted octanol–water partition coefficient (Wildman–Crippen LogP) is 7.26. The highest BCUT2D eigenvalue weighted by Gasteiger charge is 2.27. The van der Waals surface area contributed by atoms with Crippen molar-refractivity contribution in [3.63, 3.8) is 0 Å². The van der Waals surface area contributed by atoms with E-state index < -0.39 is 11.7 Å². The van der Waals surface area contributed by atoms with Crippen LogP contribution in [-0.4, -0.2) is 26.6 Å². The Bertz CT molecular complexity index is 560. The number of methoxy groups -OCH3 is 1. The average Bonchev–Trinajstić information content (AvgIpc) is 2.75. The van der Waals surface area contributed by atoms with Gasteiger partial charge in [0.25, 0.3) is 0 Å². The van der Waals surface area contributed by atoms with Gasteiger partial charge >= 0.3 is 0 Å². The molecule has 0 aliphatic heterocycles. The minimum Gasteiger partial charge on any atom is -0.498 e. The first-order valence-electron chi connectivity index (χ1n) is 11.1. The van der Waals surface area contributed by atoms with Gasteiger partial charge in [-0.1, -0.05) is 32.9 Å². The summed E-state index contributed by atoms with van der Waals surface area (Å²) in [5.74, 6) is -0.474. The predicted molar refractivity (Wildman–Crippen MR) is 115 cm³/mol. The summed E-state index contributed by atoms with van der Waals surface area (Å²) in [6.45, 7) is 10.8. The van der Waals surface area contributed by atoms with Gasteiger partial charge in [0.2, 0.25) is 0 Å². The van der Waals surface area contributed by atoms with Crippen molar-refractivity contribution in [1.29, 1.82) is 0 Å². The Labute approximate surface area is 176 Å². The number of hydrogen-bond donors (Lipinski definition) is 0. The third-order valence-electron chi connectivity index (χ3n) is 5.69. The lowest BCUT2D eigenvalue weighted by molar-refractivity contribution is -0.145. The van der Waals surface area contributed by atoms with E-state index in [4.69, 9.17) is 14.2 Å². The quantitative estimate of drug-likeness (QED) is 0.294. The van der Waals surface area contributed by atoms with Gasteiger partial charge in [-0.2, -0.15) is 0 Å². The molecule has 29 heavy (non-hydrogen) atoms. The maximum Gasteiger partial charge on any atom is 0.196 e. The van der Waals surface area contributed by atoms with Crippen LogP contribution in [0.15, 0.2) is 35.1 Å². The van der Waals surface area contributed by atoms with Crippen molar-refractivity contribution in [1.82, 2.24) is 0 Å². The molecular formula is C24H40F2O3. The minimum absolute atomic E-state index is 0.0882. The summed E-state index contributed by atoms with van der Waals surface area (Å²) in [6.07, 6.45) is 9.75. The van der Waals surface area contributed by atoms with E-state index in [0.29, 0.717) is 43.5 Å². The molecule has 0 aromatic heterocycles. The third kappa shape index (κ3) is 8.21. The van der Waals surface area contributed by atoms with E-state index in [1.807, 2.05) is 27.7 Å². The van der Waals surface area contributed by atoms with Gasteiger partial charge in [-0.25, -0.2) is 8.78 Å². The van der Waals surface area contributed by atoms with Crippen molar-refractivity contribution in [2.45, 2.75) is 79.4 Å². The normalized spacial score (nSPS) is 25.0. The first-order valence-corrected chi connectivity index (χ1v) is 11.1. The zero-order valence-electron chi connectivity index (χ0n) is 19.1. The molecule has 2 rings (SSSR count). The molecule has 0 aromatic carbocycles. The second kappa shape index (κ2) is 13.9. The van der Waals surface area contributed by atoms with Crippen LogP contribution in [0.1, 0.15) is 73.1 Å². The van der Waals surface area contributed by atoms with Crippen LogP contribution in [0.3, 0.4) is 0 Å². The molecule has 2 atom stereocenters. The van der Waals surface area contributed by atoms with Gasteiger partial charge in [-0.3, -0.25) is 0 Å². The molecule has 0 radical (unpaired) electrons. The molecule has 1 fully saturated rings. The summed E-state index contributed by atoms with van der Waals surface area (Å²) in [5, 5.41) is 0. The lowest BCUT2D eigenvalue weighted by Gasteiger charge is -2.28. The average molecular weight is 415 g/mol. The maximum atomic E-state index is 14.2. The Morgan fingerprint density at radius 1 is 1.00 bits per heavy atom.